The van der Waals surface area contributed by atoms with E-state index in [1.165, 1.54) is 23.0 Å². The van der Waals surface area contributed by atoms with Gasteiger partial charge in [0.05, 0.1) is 33.8 Å². The number of rotatable bonds is 8. The van der Waals surface area contributed by atoms with Gasteiger partial charge in [-0.1, -0.05) is 41.0 Å². The summed E-state index contributed by atoms with van der Waals surface area (Å²) in [4.78, 5) is 13.3. The van der Waals surface area contributed by atoms with Crippen LogP contribution in [0, 0.1) is 0 Å². The number of aliphatic hydroxyl groups is 1. The molecule has 2 aromatic carbocycles. The highest BCUT2D eigenvalue weighted by Gasteiger charge is 2.30. The van der Waals surface area contributed by atoms with Crippen molar-refractivity contribution >= 4 is 58.0 Å². The van der Waals surface area contributed by atoms with Gasteiger partial charge in [0.1, 0.15) is 5.03 Å². The number of ether oxygens (including phenoxy) is 1. The Bertz CT molecular complexity index is 1260. The highest BCUT2D eigenvalue weighted by atomic mass is 35.5. The molecular weight excluding hydrogens is 545 g/mol. The van der Waals surface area contributed by atoms with Crippen molar-refractivity contribution in [3.05, 3.63) is 63.8 Å². The van der Waals surface area contributed by atoms with Crippen LogP contribution < -0.4 is 25.8 Å². The average Bonchev–Trinajstić information content (AvgIpc) is 2.90. The zero-order valence-corrected chi connectivity index (χ0v) is 23.6. The number of hydrogen-bond donors (Lipinski definition) is 4. The van der Waals surface area contributed by atoms with Crippen molar-refractivity contribution in [2.24, 2.45) is 0 Å². The molecule has 0 bridgehead atoms. The number of para-hydroxylation sites is 1. The number of thioether (sulfide) groups is 1. The van der Waals surface area contributed by atoms with Gasteiger partial charge in [-0.25, -0.2) is 9.97 Å². The lowest BCUT2D eigenvalue weighted by Crippen LogP contribution is -2.52. The van der Waals surface area contributed by atoms with Gasteiger partial charge in [0.2, 0.25) is 5.95 Å². The molecule has 12 heteroatoms. The van der Waals surface area contributed by atoms with Crippen LogP contribution in [0.2, 0.25) is 10.0 Å². The molecule has 1 aromatic heterocycles. The monoisotopic (exact) mass is 575 g/mol. The van der Waals surface area contributed by atoms with E-state index in [9.17, 15) is 5.11 Å². The maximum Gasteiger partial charge on any atom is 0.228 e. The molecule has 2 aliphatic heterocycles. The third kappa shape index (κ3) is 5.81. The number of hydrogen-bond acceptors (Lipinski definition) is 10. The second kappa shape index (κ2) is 12.3. The number of nitrogens with one attached hydrogen (secondary N) is 3. The fourth-order valence-corrected chi connectivity index (χ4v) is 6.46. The van der Waals surface area contributed by atoms with E-state index in [1.807, 2.05) is 13.1 Å². The largest absolute Gasteiger partial charge is 0.383 e. The Morgan fingerprint density at radius 2 is 2.05 bits per heavy atom. The van der Waals surface area contributed by atoms with Crippen LogP contribution in [-0.4, -0.2) is 67.4 Å². The molecule has 4 N–H and O–H groups in total. The van der Waals surface area contributed by atoms with Crippen LogP contribution in [0.25, 0.3) is 0 Å². The Balaban J connectivity index is 1.34. The Morgan fingerprint density at radius 3 is 2.82 bits per heavy atom. The molecule has 38 heavy (non-hydrogen) atoms. The topological polar surface area (TPSA) is 97.8 Å². The molecule has 5 rings (SSSR count). The minimum Gasteiger partial charge on any atom is -0.383 e. The summed E-state index contributed by atoms with van der Waals surface area (Å²) in [6, 6.07) is 11.9. The first-order chi connectivity index (χ1) is 18.5. The van der Waals surface area contributed by atoms with Crippen molar-refractivity contribution in [1.82, 2.24) is 20.6 Å². The van der Waals surface area contributed by atoms with Crippen LogP contribution in [0.15, 0.2) is 47.6 Å². The van der Waals surface area contributed by atoms with Crippen molar-refractivity contribution in [3.8, 4) is 0 Å². The van der Waals surface area contributed by atoms with Gasteiger partial charge in [-0.3, -0.25) is 0 Å². The highest BCUT2D eigenvalue weighted by Crippen LogP contribution is 2.43. The Kier molecular flexibility index (Phi) is 8.79. The van der Waals surface area contributed by atoms with Crippen molar-refractivity contribution < 1.29 is 9.84 Å². The van der Waals surface area contributed by atoms with Gasteiger partial charge in [-0.05, 0) is 42.9 Å². The molecule has 2 aliphatic rings. The summed E-state index contributed by atoms with van der Waals surface area (Å²) >= 11 is 14.3. The Morgan fingerprint density at radius 1 is 1.24 bits per heavy atom. The summed E-state index contributed by atoms with van der Waals surface area (Å²) < 4.78 is 5.36. The summed E-state index contributed by atoms with van der Waals surface area (Å²) in [7, 11) is 3.68. The summed E-state index contributed by atoms with van der Waals surface area (Å²) in [5, 5.41) is 22.9. The zero-order chi connectivity index (χ0) is 26.6. The second-order valence-electron chi connectivity index (χ2n) is 9.19. The molecule has 3 aromatic rings. The molecule has 0 saturated carbocycles. The molecule has 0 radical (unpaired) electrons. The van der Waals surface area contributed by atoms with E-state index in [2.05, 4.69) is 38.0 Å². The van der Waals surface area contributed by atoms with E-state index < -0.39 is 6.23 Å². The second-order valence-corrected chi connectivity index (χ2v) is 10.9. The van der Waals surface area contributed by atoms with E-state index >= 15 is 0 Å². The predicted molar refractivity (Wildman–Crippen MR) is 155 cm³/mol. The van der Waals surface area contributed by atoms with E-state index in [1.54, 1.807) is 36.4 Å². The smallest absolute Gasteiger partial charge is 0.228 e. The van der Waals surface area contributed by atoms with Crippen LogP contribution >= 0.6 is 35.0 Å². The van der Waals surface area contributed by atoms with Crippen molar-refractivity contribution in [3.63, 3.8) is 0 Å². The van der Waals surface area contributed by atoms with Crippen LogP contribution in [0.3, 0.4) is 0 Å². The van der Waals surface area contributed by atoms with E-state index in [-0.39, 0.29) is 0 Å². The summed E-state index contributed by atoms with van der Waals surface area (Å²) in [6.45, 7) is 4.16. The van der Waals surface area contributed by atoms with Gasteiger partial charge in [-0.15, -0.1) is 0 Å². The molecular formula is C26H31Cl2N7O2S. The lowest BCUT2D eigenvalue weighted by molar-refractivity contribution is 0.163. The minimum atomic E-state index is -0.958. The number of fused-ring (bicyclic) bond motifs is 1. The first kappa shape index (κ1) is 27.3. The lowest BCUT2D eigenvalue weighted by atomic mass is 10.1. The molecule has 1 saturated heterocycles. The summed E-state index contributed by atoms with van der Waals surface area (Å²) in [5.74, 6) is 0.919. The highest BCUT2D eigenvalue weighted by molar-refractivity contribution is 7.99. The SMILES string of the molecule is CNCc1cc(Nc2ncc3c(n2)SCN(c2c(Cl)cccc2Cl)C3O)ccc1N1CCNC(COC)C1. The van der Waals surface area contributed by atoms with Gasteiger partial charge < -0.3 is 35.6 Å². The Hall–Kier alpha value is -2.31. The maximum absolute atomic E-state index is 11.1. The predicted octanol–water partition coefficient (Wildman–Crippen LogP) is 4.23. The molecule has 1 fully saturated rings. The minimum absolute atomic E-state index is 0.301. The number of aromatic nitrogens is 2. The molecule has 0 spiro atoms. The third-order valence-electron chi connectivity index (χ3n) is 6.59. The van der Waals surface area contributed by atoms with Crippen LogP contribution in [0.5, 0.6) is 0 Å². The van der Waals surface area contributed by atoms with Gasteiger partial charge in [-0.2, -0.15) is 0 Å². The Labute approximate surface area is 236 Å². The third-order valence-corrected chi connectivity index (χ3v) is 8.20. The number of nitrogens with zero attached hydrogens (tertiary/aromatic N) is 4. The first-order valence-corrected chi connectivity index (χ1v) is 14.1. The molecule has 0 aliphatic carbocycles. The quantitative estimate of drug-likeness (QED) is 0.292. The number of piperazine rings is 1. The van der Waals surface area contributed by atoms with Gasteiger partial charge >= 0.3 is 0 Å². The van der Waals surface area contributed by atoms with E-state index in [0.717, 1.165) is 31.9 Å². The normalized spacial score (nSPS) is 19.4. The number of benzene rings is 2. The molecule has 0 amide bonds. The number of aliphatic hydroxyl groups excluding tert-OH is 1. The number of halogens is 2. The average molecular weight is 577 g/mol. The van der Waals surface area contributed by atoms with E-state index in [0.29, 0.717) is 50.8 Å². The zero-order valence-electron chi connectivity index (χ0n) is 21.2. The lowest BCUT2D eigenvalue weighted by Gasteiger charge is -2.36. The van der Waals surface area contributed by atoms with Gasteiger partial charge in [0.25, 0.3) is 0 Å². The first-order valence-electron chi connectivity index (χ1n) is 12.4. The van der Waals surface area contributed by atoms with E-state index in [4.69, 9.17) is 32.9 Å². The molecule has 9 nitrogen and oxygen atoms in total. The van der Waals surface area contributed by atoms with Crippen LogP contribution in [0.4, 0.5) is 23.0 Å². The van der Waals surface area contributed by atoms with Crippen molar-refractivity contribution in [1.29, 1.82) is 0 Å². The summed E-state index contributed by atoms with van der Waals surface area (Å²) in [5.41, 5.74) is 4.49. The standard InChI is InChI=1S/C26H31Cl2N7O2S/c1-29-11-16-10-17(6-7-22(16)34-9-8-30-18(13-34)14-37-2)32-26-31-12-19-24(33-26)38-15-35(25(19)36)23-20(27)4-3-5-21(23)28/h3-7,10,12,18,25,29-30,36H,8-9,11,13-15H2,1-2H3,(H,31,32,33). The molecule has 2 unspecified atom stereocenters. The fourth-order valence-electron chi connectivity index (χ4n) is 4.84. The van der Waals surface area contributed by atoms with Crippen LogP contribution in [0.1, 0.15) is 17.4 Å². The fraction of sp³-hybridized carbons (Fsp3) is 0.385. The van der Waals surface area contributed by atoms with Crippen molar-refractivity contribution in [2.75, 3.05) is 61.4 Å². The van der Waals surface area contributed by atoms with Gasteiger partial charge in [0, 0.05) is 56.9 Å². The molecule has 3 heterocycles. The van der Waals surface area contributed by atoms with Gasteiger partial charge in [0.15, 0.2) is 6.23 Å². The summed E-state index contributed by atoms with van der Waals surface area (Å²) in [6.07, 6.45) is 0.693. The maximum atomic E-state index is 11.1. The van der Waals surface area contributed by atoms with Crippen LogP contribution in [-0.2, 0) is 11.3 Å². The number of methoxy groups -OCH3 is 1. The number of anilines is 4. The molecule has 202 valence electrons. The van der Waals surface area contributed by atoms with Crippen molar-refractivity contribution in [2.45, 2.75) is 23.8 Å². The molecule has 2 atom stereocenters.